The van der Waals surface area contributed by atoms with Crippen molar-refractivity contribution >= 4 is 27.5 Å². The van der Waals surface area contributed by atoms with E-state index >= 15 is 0 Å². The zero-order valence-electron chi connectivity index (χ0n) is 9.44. The normalized spacial score (nSPS) is 10.4. The van der Waals surface area contributed by atoms with Crippen LogP contribution in [0.5, 0.6) is 5.88 Å². The number of halogens is 2. The Labute approximate surface area is 119 Å². The largest absolute Gasteiger partial charge is 0.472 e. The molecule has 5 heteroatoms. The zero-order valence-corrected chi connectivity index (χ0v) is 11.8. The molecule has 0 spiro atoms. The van der Waals surface area contributed by atoms with Gasteiger partial charge in [0, 0.05) is 16.2 Å². The van der Waals surface area contributed by atoms with Crippen molar-refractivity contribution in [3.8, 4) is 5.88 Å². The molecule has 0 aliphatic heterocycles. The quantitative estimate of drug-likeness (QED) is 0.933. The Balaban J connectivity index is 2.09. The van der Waals surface area contributed by atoms with E-state index in [9.17, 15) is 0 Å². The standard InChI is InChI=1S/C13H11BrClNO2/c14-11-4-2-1-3-10(11)8-18-13-12(15)5-9(7-17)6-16-13/h1-6,17H,7-8H2. The van der Waals surface area contributed by atoms with Gasteiger partial charge < -0.3 is 9.84 Å². The molecule has 0 radical (unpaired) electrons. The van der Waals surface area contributed by atoms with Crippen LogP contribution in [0, 0.1) is 0 Å². The first-order valence-electron chi connectivity index (χ1n) is 5.32. The van der Waals surface area contributed by atoms with Crippen LogP contribution in [0.1, 0.15) is 11.1 Å². The van der Waals surface area contributed by atoms with Crippen molar-refractivity contribution in [3.63, 3.8) is 0 Å². The summed E-state index contributed by atoms with van der Waals surface area (Å²) >= 11 is 9.45. The summed E-state index contributed by atoms with van der Waals surface area (Å²) in [4.78, 5) is 4.06. The summed E-state index contributed by atoms with van der Waals surface area (Å²) in [7, 11) is 0. The van der Waals surface area contributed by atoms with E-state index in [-0.39, 0.29) is 6.61 Å². The maximum atomic E-state index is 8.95. The number of benzene rings is 1. The van der Waals surface area contributed by atoms with Gasteiger partial charge >= 0.3 is 0 Å². The van der Waals surface area contributed by atoms with Crippen molar-refractivity contribution in [1.29, 1.82) is 0 Å². The third-order valence-electron chi connectivity index (χ3n) is 2.37. The van der Waals surface area contributed by atoms with Gasteiger partial charge in [-0.05, 0) is 17.7 Å². The van der Waals surface area contributed by atoms with Crippen molar-refractivity contribution in [2.75, 3.05) is 0 Å². The van der Waals surface area contributed by atoms with Crippen molar-refractivity contribution in [1.82, 2.24) is 4.98 Å². The number of nitrogens with zero attached hydrogens (tertiary/aromatic N) is 1. The van der Waals surface area contributed by atoms with Crippen molar-refractivity contribution < 1.29 is 9.84 Å². The number of aliphatic hydroxyl groups is 1. The number of aromatic nitrogens is 1. The molecule has 0 saturated heterocycles. The summed E-state index contributed by atoms with van der Waals surface area (Å²) in [6.07, 6.45) is 1.54. The Morgan fingerprint density at radius 2 is 2.11 bits per heavy atom. The highest BCUT2D eigenvalue weighted by Crippen LogP contribution is 2.24. The molecule has 1 aromatic carbocycles. The van der Waals surface area contributed by atoms with Gasteiger partial charge in [0.05, 0.1) is 6.61 Å². The lowest BCUT2D eigenvalue weighted by atomic mass is 10.2. The second kappa shape index (κ2) is 6.18. The number of hydrogen-bond acceptors (Lipinski definition) is 3. The molecule has 3 nitrogen and oxygen atoms in total. The third-order valence-corrected chi connectivity index (χ3v) is 3.41. The van der Waals surface area contributed by atoms with Crippen molar-refractivity contribution in [2.24, 2.45) is 0 Å². The summed E-state index contributed by atoms with van der Waals surface area (Å²) in [5.74, 6) is 0.365. The average Bonchev–Trinajstić information content (AvgIpc) is 2.39. The molecule has 0 saturated carbocycles. The fraction of sp³-hybridized carbons (Fsp3) is 0.154. The predicted octanol–water partition coefficient (Wildman–Crippen LogP) is 3.57. The number of pyridine rings is 1. The smallest absolute Gasteiger partial charge is 0.232 e. The summed E-state index contributed by atoms with van der Waals surface area (Å²) in [5, 5.41) is 9.35. The molecule has 0 unspecified atom stereocenters. The highest BCUT2D eigenvalue weighted by atomic mass is 79.9. The Morgan fingerprint density at radius 3 is 2.78 bits per heavy atom. The highest BCUT2D eigenvalue weighted by molar-refractivity contribution is 9.10. The fourth-order valence-electron chi connectivity index (χ4n) is 1.42. The third kappa shape index (κ3) is 3.22. The first-order chi connectivity index (χ1) is 8.70. The van der Waals surface area contributed by atoms with E-state index in [2.05, 4.69) is 20.9 Å². The monoisotopic (exact) mass is 327 g/mol. The molecule has 94 valence electrons. The second-order valence-electron chi connectivity index (χ2n) is 3.67. The van der Waals surface area contributed by atoms with E-state index in [0.29, 0.717) is 23.1 Å². The predicted molar refractivity (Wildman–Crippen MR) is 73.6 cm³/mol. The van der Waals surface area contributed by atoms with Gasteiger partial charge in [-0.25, -0.2) is 4.98 Å². The maximum absolute atomic E-state index is 8.95. The number of rotatable bonds is 4. The minimum atomic E-state index is -0.0861. The van der Waals surface area contributed by atoms with Crippen molar-refractivity contribution in [2.45, 2.75) is 13.2 Å². The van der Waals surface area contributed by atoms with E-state index in [1.807, 2.05) is 24.3 Å². The SMILES string of the molecule is OCc1cnc(OCc2ccccc2Br)c(Cl)c1. The van der Waals surface area contributed by atoms with Gasteiger partial charge in [-0.3, -0.25) is 0 Å². The van der Waals surface area contributed by atoms with Crippen LogP contribution in [-0.4, -0.2) is 10.1 Å². The van der Waals surface area contributed by atoms with Gasteiger partial charge in [0.1, 0.15) is 11.6 Å². The lowest BCUT2D eigenvalue weighted by Crippen LogP contribution is -1.99. The molecule has 0 fully saturated rings. The van der Waals surface area contributed by atoms with Gasteiger partial charge in [-0.1, -0.05) is 45.7 Å². The van der Waals surface area contributed by atoms with Gasteiger partial charge in [0.25, 0.3) is 0 Å². The summed E-state index contributed by atoms with van der Waals surface area (Å²) in [5.41, 5.74) is 1.68. The highest BCUT2D eigenvalue weighted by Gasteiger charge is 2.06. The zero-order chi connectivity index (χ0) is 13.0. The number of hydrogen-bond donors (Lipinski definition) is 1. The molecular weight excluding hydrogens is 318 g/mol. The van der Waals surface area contributed by atoms with Crippen LogP contribution in [0.4, 0.5) is 0 Å². The van der Waals surface area contributed by atoms with Crippen LogP contribution in [0.25, 0.3) is 0 Å². The molecule has 0 aliphatic rings. The summed E-state index contributed by atoms with van der Waals surface area (Å²) in [6.45, 7) is 0.295. The lowest BCUT2D eigenvalue weighted by molar-refractivity contribution is 0.278. The first kappa shape index (κ1) is 13.3. The van der Waals surface area contributed by atoms with E-state index in [1.165, 1.54) is 0 Å². The topological polar surface area (TPSA) is 42.4 Å². The number of aliphatic hydroxyl groups excluding tert-OH is 1. The van der Waals surface area contributed by atoms with E-state index in [4.69, 9.17) is 21.4 Å². The van der Waals surface area contributed by atoms with Crippen LogP contribution in [-0.2, 0) is 13.2 Å². The first-order valence-corrected chi connectivity index (χ1v) is 6.49. The molecule has 1 N–H and O–H groups in total. The van der Waals surface area contributed by atoms with Gasteiger partial charge in [-0.2, -0.15) is 0 Å². The average molecular weight is 329 g/mol. The minimum Gasteiger partial charge on any atom is -0.472 e. The molecule has 18 heavy (non-hydrogen) atoms. The molecule has 2 aromatic rings. The van der Waals surface area contributed by atoms with Gasteiger partial charge in [-0.15, -0.1) is 0 Å². The van der Waals surface area contributed by atoms with Crippen LogP contribution in [0.2, 0.25) is 5.02 Å². The Bertz CT molecular complexity index is 548. The Kier molecular flexibility index (Phi) is 4.58. The van der Waals surface area contributed by atoms with Gasteiger partial charge in [0.15, 0.2) is 0 Å². The maximum Gasteiger partial charge on any atom is 0.232 e. The Hall–Kier alpha value is -1.10. The molecular formula is C13H11BrClNO2. The minimum absolute atomic E-state index is 0.0861. The van der Waals surface area contributed by atoms with E-state index < -0.39 is 0 Å². The summed E-state index contributed by atoms with van der Waals surface area (Å²) < 4.78 is 6.53. The number of ether oxygens (including phenoxy) is 1. The second-order valence-corrected chi connectivity index (χ2v) is 4.93. The molecule has 0 aliphatic carbocycles. The molecule has 0 atom stereocenters. The molecule has 0 bridgehead atoms. The van der Waals surface area contributed by atoms with Crippen LogP contribution in [0.3, 0.4) is 0 Å². The Morgan fingerprint density at radius 1 is 1.33 bits per heavy atom. The van der Waals surface area contributed by atoms with Crippen molar-refractivity contribution in [3.05, 3.63) is 57.2 Å². The van der Waals surface area contributed by atoms with Gasteiger partial charge in [0.2, 0.25) is 5.88 Å². The molecule has 1 heterocycles. The van der Waals surface area contributed by atoms with Crippen LogP contribution < -0.4 is 4.74 Å². The molecule has 2 rings (SSSR count). The van der Waals surface area contributed by atoms with Crippen LogP contribution in [0.15, 0.2) is 41.0 Å². The van der Waals surface area contributed by atoms with E-state index in [1.54, 1.807) is 12.3 Å². The fourth-order valence-corrected chi connectivity index (χ4v) is 2.06. The van der Waals surface area contributed by atoms with E-state index in [0.717, 1.165) is 10.0 Å². The molecule has 0 amide bonds. The summed E-state index contributed by atoms with van der Waals surface area (Å²) in [6, 6.07) is 9.43. The lowest BCUT2D eigenvalue weighted by Gasteiger charge is -2.09. The molecule has 1 aromatic heterocycles. The van der Waals surface area contributed by atoms with Crippen LogP contribution >= 0.6 is 27.5 Å².